The molecule has 0 unspecified atom stereocenters. The van der Waals surface area contributed by atoms with Crippen molar-refractivity contribution in [3.05, 3.63) is 24.4 Å². The van der Waals surface area contributed by atoms with Crippen molar-refractivity contribution in [3.8, 4) is 5.88 Å². The van der Waals surface area contributed by atoms with Crippen molar-refractivity contribution in [2.24, 2.45) is 5.92 Å². The number of carbonyl (C=O) groups excluding carboxylic acids is 1. The molecule has 1 aromatic heterocycles. The predicted molar refractivity (Wildman–Crippen MR) is 95.1 cm³/mol. The van der Waals surface area contributed by atoms with Crippen LogP contribution in [0.1, 0.15) is 19.3 Å². The summed E-state index contributed by atoms with van der Waals surface area (Å²) in [5.74, 6) is 1.00. The first kappa shape index (κ1) is 17.5. The summed E-state index contributed by atoms with van der Waals surface area (Å²) in [7, 11) is 1.45. The molecule has 3 fully saturated rings. The summed E-state index contributed by atoms with van der Waals surface area (Å²) < 4.78 is 16.8. The van der Waals surface area contributed by atoms with E-state index in [1.165, 1.54) is 7.11 Å². The molecule has 2 aliphatic heterocycles. The van der Waals surface area contributed by atoms with Gasteiger partial charge < -0.3 is 19.1 Å². The molecule has 1 aliphatic carbocycles. The number of aromatic nitrogens is 1. The van der Waals surface area contributed by atoms with Crippen molar-refractivity contribution in [1.82, 2.24) is 14.8 Å². The van der Waals surface area contributed by atoms with Gasteiger partial charge in [-0.05, 0) is 25.3 Å². The maximum atomic E-state index is 12.3. The summed E-state index contributed by atoms with van der Waals surface area (Å²) >= 11 is 0. The molecule has 7 heteroatoms. The topological polar surface area (TPSA) is 64.1 Å². The van der Waals surface area contributed by atoms with Gasteiger partial charge in [0.05, 0.1) is 26.9 Å². The Morgan fingerprint density at radius 1 is 1.27 bits per heavy atom. The number of likely N-dealkylation sites (tertiary alicyclic amines) is 1. The van der Waals surface area contributed by atoms with Crippen molar-refractivity contribution < 1.29 is 19.0 Å². The van der Waals surface area contributed by atoms with Crippen LogP contribution in [0.15, 0.2) is 24.4 Å². The minimum absolute atomic E-state index is 0.0756. The van der Waals surface area contributed by atoms with E-state index in [4.69, 9.17) is 14.2 Å². The van der Waals surface area contributed by atoms with Gasteiger partial charge in [0, 0.05) is 43.4 Å². The zero-order valence-electron chi connectivity index (χ0n) is 15.3. The van der Waals surface area contributed by atoms with Crippen molar-refractivity contribution >= 4 is 6.09 Å². The molecular weight excluding hydrogens is 334 g/mol. The Kier molecular flexibility index (Phi) is 5.26. The highest BCUT2D eigenvalue weighted by Crippen LogP contribution is 2.39. The summed E-state index contributed by atoms with van der Waals surface area (Å²) in [6.07, 6.45) is 4.45. The largest absolute Gasteiger partial charge is 0.472 e. The number of hydrogen-bond donors (Lipinski definition) is 0. The smallest absolute Gasteiger partial charge is 0.409 e. The minimum Gasteiger partial charge on any atom is -0.472 e. The highest BCUT2D eigenvalue weighted by atomic mass is 16.5. The van der Waals surface area contributed by atoms with Gasteiger partial charge in [-0.25, -0.2) is 9.78 Å². The van der Waals surface area contributed by atoms with Crippen LogP contribution in [-0.2, 0) is 9.47 Å². The van der Waals surface area contributed by atoms with Gasteiger partial charge in [-0.3, -0.25) is 4.90 Å². The van der Waals surface area contributed by atoms with E-state index in [0.717, 1.165) is 45.6 Å². The SMILES string of the molecule is COC(=O)N1C[C@H](Oc2ccccn2)[C@H]2C[C@@H]1CC[C@H]2N1CCOCC1. The number of fused-ring (bicyclic) bond motifs is 2. The van der Waals surface area contributed by atoms with Crippen LogP contribution >= 0.6 is 0 Å². The monoisotopic (exact) mass is 361 g/mol. The molecule has 0 aromatic carbocycles. The molecule has 1 saturated carbocycles. The zero-order chi connectivity index (χ0) is 17.9. The Labute approximate surface area is 154 Å². The Bertz CT molecular complexity index is 608. The van der Waals surface area contributed by atoms with Gasteiger partial charge >= 0.3 is 6.09 Å². The number of methoxy groups -OCH3 is 1. The third-order valence-electron chi connectivity index (χ3n) is 5.96. The van der Waals surface area contributed by atoms with Crippen LogP contribution in [0, 0.1) is 5.92 Å². The summed E-state index contributed by atoms with van der Waals surface area (Å²) in [6, 6.07) is 6.40. The highest BCUT2D eigenvalue weighted by molar-refractivity contribution is 5.68. The summed E-state index contributed by atoms with van der Waals surface area (Å²) in [5.41, 5.74) is 0. The lowest BCUT2D eigenvalue weighted by molar-refractivity contribution is -0.0770. The molecule has 0 N–H and O–H groups in total. The molecule has 7 nitrogen and oxygen atoms in total. The molecule has 2 saturated heterocycles. The fourth-order valence-electron chi connectivity index (χ4n) is 4.73. The Morgan fingerprint density at radius 2 is 2.12 bits per heavy atom. The zero-order valence-corrected chi connectivity index (χ0v) is 15.3. The van der Waals surface area contributed by atoms with E-state index in [2.05, 4.69) is 9.88 Å². The first-order valence-corrected chi connectivity index (χ1v) is 9.50. The van der Waals surface area contributed by atoms with Gasteiger partial charge in [0.2, 0.25) is 5.88 Å². The van der Waals surface area contributed by atoms with E-state index in [9.17, 15) is 4.79 Å². The van der Waals surface area contributed by atoms with Crippen LogP contribution in [0.4, 0.5) is 4.79 Å². The fourth-order valence-corrected chi connectivity index (χ4v) is 4.73. The number of rotatable bonds is 3. The summed E-state index contributed by atoms with van der Waals surface area (Å²) in [4.78, 5) is 21.0. The van der Waals surface area contributed by atoms with Crippen molar-refractivity contribution in [2.75, 3.05) is 40.0 Å². The molecular formula is C19H27N3O4. The molecule has 3 heterocycles. The first-order chi connectivity index (χ1) is 12.8. The van der Waals surface area contributed by atoms with E-state index in [1.54, 1.807) is 6.20 Å². The van der Waals surface area contributed by atoms with Crippen LogP contribution in [0.5, 0.6) is 5.88 Å². The second-order valence-corrected chi connectivity index (χ2v) is 7.29. The van der Waals surface area contributed by atoms with Gasteiger partial charge in [0.25, 0.3) is 0 Å². The maximum absolute atomic E-state index is 12.3. The molecule has 2 bridgehead atoms. The van der Waals surface area contributed by atoms with E-state index in [-0.39, 0.29) is 18.2 Å². The number of amides is 1. The fraction of sp³-hybridized carbons (Fsp3) is 0.684. The van der Waals surface area contributed by atoms with Gasteiger partial charge in [-0.2, -0.15) is 0 Å². The Hall–Kier alpha value is -1.86. The van der Waals surface area contributed by atoms with Crippen LogP contribution < -0.4 is 4.74 Å². The van der Waals surface area contributed by atoms with Crippen LogP contribution in [-0.4, -0.2) is 79.0 Å². The van der Waals surface area contributed by atoms with E-state index in [1.807, 2.05) is 23.1 Å². The summed E-state index contributed by atoms with van der Waals surface area (Å²) in [6.45, 7) is 4.10. The number of morpholine rings is 1. The van der Waals surface area contributed by atoms with Crippen LogP contribution in [0.3, 0.4) is 0 Å². The number of pyridine rings is 1. The van der Waals surface area contributed by atoms with E-state index < -0.39 is 0 Å². The number of piperidine rings is 1. The maximum Gasteiger partial charge on any atom is 0.409 e. The van der Waals surface area contributed by atoms with Crippen LogP contribution in [0.25, 0.3) is 0 Å². The quantitative estimate of drug-likeness (QED) is 0.818. The van der Waals surface area contributed by atoms with Gasteiger partial charge in [0.15, 0.2) is 0 Å². The van der Waals surface area contributed by atoms with Crippen molar-refractivity contribution in [1.29, 1.82) is 0 Å². The second-order valence-electron chi connectivity index (χ2n) is 7.29. The number of hydrogen-bond acceptors (Lipinski definition) is 6. The van der Waals surface area contributed by atoms with Gasteiger partial charge in [-0.1, -0.05) is 6.07 Å². The number of nitrogens with zero attached hydrogens (tertiary/aromatic N) is 3. The summed E-state index contributed by atoms with van der Waals surface area (Å²) in [5, 5.41) is 0. The molecule has 4 rings (SSSR count). The average molecular weight is 361 g/mol. The van der Waals surface area contributed by atoms with E-state index in [0.29, 0.717) is 24.4 Å². The lowest BCUT2D eigenvalue weighted by Gasteiger charge is -2.52. The second kappa shape index (κ2) is 7.80. The van der Waals surface area contributed by atoms with Crippen LogP contribution in [0.2, 0.25) is 0 Å². The third kappa shape index (κ3) is 3.50. The molecule has 3 aliphatic rings. The number of ether oxygens (including phenoxy) is 3. The average Bonchev–Trinajstić information content (AvgIpc) is 2.71. The van der Waals surface area contributed by atoms with Gasteiger partial charge in [0.1, 0.15) is 6.10 Å². The van der Waals surface area contributed by atoms with Crippen molar-refractivity contribution in [3.63, 3.8) is 0 Å². The third-order valence-corrected chi connectivity index (χ3v) is 5.96. The molecule has 0 radical (unpaired) electrons. The van der Waals surface area contributed by atoms with Gasteiger partial charge in [-0.15, -0.1) is 0 Å². The lowest BCUT2D eigenvalue weighted by atomic mass is 9.74. The molecule has 0 spiro atoms. The Morgan fingerprint density at radius 3 is 2.85 bits per heavy atom. The molecule has 4 atom stereocenters. The predicted octanol–water partition coefficient (Wildman–Crippen LogP) is 1.78. The highest BCUT2D eigenvalue weighted by Gasteiger charge is 2.47. The van der Waals surface area contributed by atoms with E-state index >= 15 is 0 Å². The van der Waals surface area contributed by atoms with Crippen molar-refractivity contribution in [2.45, 2.75) is 37.5 Å². The normalized spacial score (nSPS) is 32.1. The number of carbonyl (C=O) groups is 1. The molecule has 26 heavy (non-hydrogen) atoms. The molecule has 142 valence electrons. The lowest BCUT2D eigenvalue weighted by Crippen LogP contribution is -2.63. The first-order valence-electron chi connectivity index (χ1n) is 9.50. The standard InChI is InChI=1S/C19H27N3O4/c1-24-19(23)22-13-17(26-18-4-2-3-7-20-18)15-12-14(22)5-6-16(15)21-8-10-25-11-9-21/h2-4,7,14-17H,5-6,8-13H2,1H3/t14-,15-,16+,17-/m0/s1. The Balaban J connectivity index is 1.55. The molecule has 1 aromatic rings. The molecule has 1 amide bonds. The minimum atomic E-state index is -0.257.